The van der Waals surface area contributed by atoms with Crippen molar-refractivity contribution < 1.29 is 4.79 Å². The number of carbonyl (C=O) groups excluding carboxylic acids is 1. The average molecular weight is 272 g/mol. The average Bonchev–Trinajstić information content (AvgIpc) is 2.69. The summed E-state index contributed by atoms with van der Waals surface area (Å²) in [6.45, 7) is 5.99. The van der Waals surface area contributed by atoms with E-state index >= 15 is 0 Å². The van der Waals surface area contributed by atoms with Crippen molar-refractivity contribution in [1.29, 1.82) is 0 Å². The van der Waals surface area contributed by atoms with E-state index in [1.807, 2.05) is 20.8 Å². The van der Waals surface area contributed by atoms with Gasteiger partial charge in [0.05, 0.1) is 5.25 Å². The van der Waals surface area contributed by atoms with Gasteiger partial charge in [-0.15, -0.1) is 10.2 Å². The van der Waals surface area contributed by atoms with Crippen LogP contribution >= 0.6 is 11.8 Å². The Kier molecular flexibility index (Phi) is 5.42. The van der Waals surface area contributed by atoms with E-state index in [9.17, 15) is 4.79 Å². The molecule has 1 rings (SSSR count). The van der Waals surface area contributed by atoms with Gasteiger partial charge in [-0.2, -0.15) is 0 Å². The van der Waals surface area contributed by atoms with Crippen LogP contribution in [0.3, 0.4) is 0 Å². The van der Waals surface area contributed by atoms with Crippen LogP contribution in [-0.4, -0.2) is 25.9 Å². The number of aromatic nitrogens is 3. The van der Waals surface area contributed by atoms with Gasteiger partial charge in [0.25, 0.3) is 0 Å². The molecular formula is C10H20N6OS. The summed E-state index contributed by atoms with van der Waals surface area (Å²) in [5.41, 5.74) is 7.93. The summed E-state index contributed by atoms with van der Waals surface area (Å²) >= 11 is 1.34. The number of nitrogens with one attached hydrogen (secondary N) is 1. The Hall–Kier alpha value is -1.28. The second-order valence-corrected chi connectivity index (χ2v) is 5.38. The lowest BCUT2D eigenvalue weighted by atomic mass is 10.2. The van der Waals surface area contributed by atoms with Crippen molar-refractivity contribution >= 4 is 23.6 Å². The van der Waals surface area contributed by atoms with Crippen LogP contribution in [0.25, 0.3) is 0 Å². The van der Waals surface area contributed by atoms with E-state index in [0.717, 1.165) is 12.8 Å². The Labute approximate surface area is 111 Å². The zero-order chi connectivity index (χ0) is 13.7. The summed E-state index contributed by atoms with van der Waals surface area (Å²) < 4.78 is 1.80. The number of hydrazine groups is 1. The summed E-state index contributed by atoms with van der Waals surface area (Å²) in [4.78, 5) is 11.6. The smallest absolute Gasteiger partial charge is 0.247 e. The predicted octanol–water partition coefficient (Wildman–Crippen LogP) is 0.692. The highest BCUT2D eigenvalue weighted by molar-refractivity contribution is 8.00. The Morgan fingerprint density at radius 2 is 2.17 bits per heavy atom. The summed E-state index contributed by atoms with van der Waals surface area (Å²) in [5.74, 6) is 5.33. The van der Waals surface area contributed by atoms with Crippen LogP contribution < -0.4 is 17.0 Å². The molecule has 0 fully saturated rings. The molecule has 0 bridgehead atoms. The van der Waals surface area contributed by atoms with Crippen LogP contribution in [0.15, 0.2) is 5.16 Å². The fourth-order valence-corrected chi connectivity index (χ4v) is 2.87. The molecule has 1 heterocycles. The van der Waals surface area contributed by atoms with Gasteiger partial charge in [0.2, 0.25) is 11.9 Å². The number of amides is 1. The van der Waals surface area contributed by atoms with Crippen molar-refractivity contribution in [2.45, 2.75) is 50.1 Å². The molecule has 8 heteroatoms. The second kappa shape index (κ2) is 6.60. The van der Waals surface area contributed by atoms with Crippen molar-refractivity contribution in [3.63, 3.8) is 0 Å². The zero-order valence-electron chi connectivity index (χ0n) is 10.9. The number of nitrogens with two attached hydrogens (primary N) is 2. The molecule has 102 valence electrons. The quantitative estimate of drug-likeness (QED) is 0.304. The van der Waals surface area contributed by atoms with Crippen LogP contribution in [0, 0.1) is 0 Å². The molecule has 0 aliphatic rings. The molecule has 5 N–H and O–H groups in total. The van der Waals surface area contributed by atoms with Gasteiger partial charge >= 0.3 is 0 Å². The third-order valence-corrected chi connectivity index (χ3v) is 3.66. The molecule has 0 saturated carbocycles. The minimum atomic E-state index is -0.277. The molecule has 1 aromatic rings. The molecular weight excluding hydrogens is 252 g/mol. The largest absolute Gasteiger partial charge is 0.368 e. The van der Waals surface area contributed by atoms with E-state index in [1.54, 1.807) is 4.57 Å². The number of nitrogens with zero attached hydrogens (tertiary/aromatic N) is 3. The van der Waals surface area contributed by atoms with Crippen LogP contribution in [0.5, 0.6) is 0 Å². The first-order valence-electron chi connectivity index (χ1n) is 5.88. The van der Waals surface area contributed by atoms with Crippen molar-refractivity contribution in [1.82, 2.24) is 20.2 Å². The van der Waals surface area contributed by atoms with E-state index in [1.165, 1.54) is 11.8 Å². The molecule has 18 heavy (non-hydrogen) atoms. The van der Waals surface area contributed by atoms with Gasteiger partial charge in [0.15, 0.2) is 5.16 Å². The second-order valence-electron chi connectivity index (χ2n) is 4.21. The van der Waals surface area contributed by atoms with Crippen LogP contribution in [0.4, 0.5) is 5.95 Å². The molecule has 0 aromatic carbocycles. The highest BCUT2D eigenvalue weighted by atomic mass is 32.2. The molecule has 1 atom stereocenters. The van der Waals surface area contributed by atoms with Gasteiger partial charge < -0.3 is 5.73 Å². The maximum Gasteiger partial charge on any atom is 0.247 e. The number of thioether (sulfide) groups is 1. The first-order valence-corrected chi connectivity index (χ1v) is 6.76. The Balaban J connectivity index is 2.90. The summed E-state index contributed by atoms with van der Waals surface area (Å²) in [6, 6.07) is 0.144. The van der Waals surface area contributed by atoms with E-state index in [-0.39, 0.29) is 17.2 Å². The number of nitrogen functional groups attached to an aromatic ring is 1. The molecule has 1 unspecified atom stereocenters. The predicted molar refractivity (Wildman–Crippen MR) is 71.7 cm³/mol. The number of hydrogen-bond donors (Lipinski definition) is 3. The van der Waals surface area contributed by atoms with Gasteiger partial charge in [0, 0.05) is 6.04 Å². The van der Waals surface area contributed by atoms with Gasteiger partial charge in [-0.3, -0.25) is 14.8 Å². The lowest BCUT2D eigenvalue weighted by molar-refractivity contribution is -0.120. The monoisotopic (exact) mass is 272 g/mol. The maximum absolute atomic E-state index is 11.6. The van der Waals surface area contributed by atoms with Gasteiger partial charge in [0.1, 0.15) is 0 Å². The number of carbonyl (C=O) groups is 1. The Morgan fingerprint density at radius 1 is 1.50 bits per heavy atom. The number of rotatable bonds is 6. The third kappa shape index (κ3) is 3.36. The molecule has 0 spiro atoms. The minimum absolute atomic E-state index is 0.144. The fourth-order valence-electron chi connectivity index (χ4n) is 1.58. The van der Waals surface area contributed by atoms with Crippen molar-refractivity contribution in [3.05, 3.63) is 0 Å². The summed E-state index contributed by atoms with van der Waals surface area (Å²) in [7, 11) is 0. The number of anilines is 1. The Morgan fingerprint density at radius 3 is 2.67 bits per heavy atom. The highest BCUT2D eigenvalue weighted by Gasteiger charge is 2.22. The van der Waals surface area contributed by atoms with E-state index in [4.69, 9.17) is 11.6 Å². The van der Waals surface area contributed by atoms with E-state index in [0.29, 0.717) is 11.1 Å². The van der Waals surface area contributed by atoms with Crippen molar-refractivity contribution in [3.8, 4) is 0 Å². The molecule has 0 saturated heterocycles. The van der Waals surface area contributed by atoms with Crippen LogP contribution in [-0.2, 0) is 4.79 Å². The molecule has 0 radical (unpaired) electrons. The van der Waals surface area contributed by atoms with Crippen molar-refractivity contribution in [2.75, 3.05) is 5.73 Å². The number of hydrogen-bond acceptors (Lipinski definition) is 6. The van der Waals surface area contributed by atoms with Gasteiger partial charge in [-0.05, 0) is 20.3 Å². The maximum atomic E-state index is 11.6. The summed E-state index contributed by atoms with van der Waals surface area (Å²) in [5, 5.41) is 8.22. The standard InChI is InChI=1S/C10H20N6OS/c1-4-5-7(8(17)13-12)18-10-15-14-9(11)16(10)6(2)3/h6-7H,4-5,12H2,1-3H3,(H2,11,14)(H,13,17). The van der Waals surface area contributed by atoms with E-state index < -0.39 is 0 Å². The molecule has 7 nitrogen and oxygen atoms in total. The molecule has 0 aliphatic carbocycles. The normalized spacial score (nSPS) is 12.7. The third-order valence-electron chi connectivity index (χ3n) is 2.44. The van der Waals surface area contributed by atoms with Gasteiger partial charge in [-0.1, -0.05) is 25.1 Å². The SMILES string of the molecule is CCCC(Sc1nnc(N)n1C(C)C)C(=O)NN. The summed E-state index contributed by atoms with van der Waals surface area (Å²) in [6.07, 6.45) is 1.61. The van der Waals surface area contributed by atoms with Gasteiger partial charge in [-0.25, -0.2) is 5.84 Å². The highest BCUT2D eigenvalue weighted by Crippen LogP contribution is 2.28. The fraction of sp³-hybridized carbons (Fsp3) is 0.700. The first-order chi connectivity index (χ1) is 8.51. The lowest BCUT2D eigenvalue weighted by Crippen LogP contribution is -2.37. The Bertz CT molecular complexity index is 405. The zero-order valence-corrected chi connectivity index (χ0v) is 11.7. The van der Waals surface area contributed by atoms with Crippen LogP contribution in [0.2, 0.25) is 0 Å². The molecule has 0 aliphatic heterocycles. The minimum Gasteiger partial charge on any atom is -0.368 e. The molecule has 1 aromatic heterocycles. The van der Waals surface area contributed by atoms with Crippen LogP contribution in [0.1, 0.15) is 39.7 Å². The van der Waals surface area contributed by atoms with E-state index in [2.05, 4.69) is 15.6 Å². The molecule has 1 amide bonds. The lowest BCUT2D eigenvalue weighted by Gasteiger charge is -2.16. The first kappa shape index (κ1) is 14.8. The topological polar surface area (TPSA) is 112 Å². The van der Waals surface area contributed by atoms with Crippen molar-refractivity contribution in [2.24, 2.45) is 5.84 Å².